The molecule has 1 N–H and O–H groups in total. The maximum absolute atomic E-state index is 3.34. The van der Waals surface area contributed by atoms with Gasteiger partial charge in [0.25, 0.3) is 0 Å². The summed E-state index contributed by atoms with van der Waals surface area (Å²) >= 11 is 0. The van der Waals surface area contributed by atoms with E-state index >= 15 is 0 Å². The van der Waals surface area contributed by atoms with E-state index in [0.717, 1.165) is 12.0 Å². The molecule has 2 rings (SSSR count). The smallest absolute Gasteiger partial charge is 0.0163 e. The summed E-state index contributed by atoms with van der Waals surface area (Å²) in [5, 5.41) is 3.34. The molecule has 2 aliphatic heterocycles. The molecule has 0 radical (unpaired) electrons. The van der Waals surface area contributed by atoms with Crippen molar-refractivity contribution in [3.63, 3.8) is 0 Å². The van der Waals surface area contributed by atoms with Crippen molar-refractivity contribution in [3.05, 3.63) is 0 Å². The fourth-order valence-electron chi connectivity index (χ4n) is 3.37. The average molecular weight is 225 g/mol. The molecule has 0 spiro atoms. The Balaban J connectivity index is 1.85. The van der Waals surface area contributed by atoms with Crippen LogP contribution in [0.15, 0.2) is 0 Å². The van der Waals surface area contributed by atoms with E-state index in [1.165, 1.54) is 45.4 Å². The third kappa shape index (κ3) is 2.76. The van der Waals surface area contributed by atoms with Gasteiger partial charge < -0.3 is 15.1 Å². The molecule has 3 unspecified atom stereocenters. The molecule has 2 fully saturated rings. The first-order valence-electron chi connectivity index (χ1n) is 6.80. The molecule has 0 saturated carbocycles. The standard InChI is InChI=1S/C13H27N3/c1-11(14-2)9-16-8-6-13-12(10-16)5-4-7-15(13)3/h11-14H,4-10H2,1-3H3. The minimum Gasteiger partial charge on any atom is -0.316 e. The van der Waals surface area contributed by atoms with Gasteiger partial charge in [0.15, 0.2) is 0 Å². The van der Waals surface area contributed by atoms with Gasteiger partial charge in [-0.25, -0.2) is 0 Å². The Hall–Kier alpha value is -0.120. The molecule has 3 heteroatoms. The number of hydrogen-bond donors (Lipinski definition) is 1. The highest BCUT2D eigenvalue weighted by Gasteiger charge is 2.34. The van der Waals surface area contributed by atoms with Crippen LogP contribution in [-0.2, 0) is 0 Å². The van der Waals surface area contributed by atoms with Gasteiger partial charge in [-0.2, -0.15) is 0 Å². The van der Waals surface area contributed by atoms with Crippen molar-refractivity contribution >= 4 is 0 Å². The highest BCUT2D eigenvalue weighted by atomic mass is 15.2. The summed E-state index contributed by atoms with van der Waals surface area (Å²) in [6.45, 7) is 7.41. The third-order valence-electron chi connectivity index (χ3n) is 4.45. The molecule has 94 valence electrons. The number of hydrogen-bond acceptors (Lipinski definition) is 3. The minimum absolute atomic E-state index is 0.623. The Kier molecular flexibility index (Phi) is 4.22. The summed E-state index contributed by atoms with van der Waals surface area (Å²) in [6.07, 6.45) is 4.21. The largest absolute Gasteiger partial charge is 0.316 e. The molecule has 3 atom stereocenters. The Bertz CT molecular complexity index is 219. The molecule has 3 nitrogen and oxygen atoms in total. The quantitative estimate of drug-likeness (QED) is 0.773. The molecule has 16 heavy (non-hydrogen) atoms. The van der Waals surface area contributed by atoms with Crippen LogP contribution in [0.25, 0.3) is 0 Å². The molecule has 2 aliphatic rings. The number of rotatable bonds is 3. The van der Waals surface area contributed by atoms with E-state index in [1.807, 2.05) is 0 Å². The van der Waals surface area contributed by atoms with Gasteiger partial charge in [0.1, 0.15) is 0 Å². The lowest BCUT2D eigenvalue weighted by Gasteiger charge is -2.46. The third-order valence-corrected chi connectivity index (χ3v) is 4.45. The predicted molar refractivity (Wildman–Crippen MR) is 68.7 cm³/mol. The van der Waals surface area contributed by atoms with Crippen LogP contribution in [0.1, 0.15) is 26.2 Å². The van der Waals surface area contributed by atoms with Crippen LogP contribution in [0.4, 0.5) is 0 Å². The first kappa shape index (κ1) is 12.3. The van der Waals surface area contributed by atoms with E-state index in [1.54, 1.807) is 0 Å². The molecule has 0 aromatic heterocycles. The van der Waals surface area contributed by atoms with Crippen molar-refractivity contribution in [1.29, 1.82) is 0 Å². The first-order chi connectivity index (χ1) is 7.70. The van der Waals surface area contributed by atoms with Crippen LogP contribution in [0, 0.1) is 5.92 Å². The lowest BCUT2D eigenvalue weighted by atomic mass is 9.84. The van der Waals surface area contributed by atoms with Gasteiger partial charge >= 0.3 is 0 Å². The zero-order valence-electron chi connectivity index (χ0n) is 11.1. The molecular weight excluding hydrogens is 198 g/mol. The van der Waals surface area contributed by atoms with E-state index in [4.69, 9.17) is 0 Å². The number of piperidine rings is 2. The van der Waals surface area contributed by atoms with Crippen molar-refractivity contribution in [1.82, 2.24) is 15.1 Å². The van der Waals surface area contributed by atoms with Crippen molar-refractivity contribution in [2.75, 3.05) is 40.3 Å². The Labute approximate surface area is 100 Å². The van der Waals surface area contributed by atoms with Crippen LogP contribution in [0.5, 0.6) is 0 Å². The number of nitrogens with one attached hydrogen (secondary N) is 1. The lowest BCUT2D eigenvalue weighted by molar-refractivity contribution is 0.0359. The summed E-state index contributed by atoms with van der Waals surface area (Å²) in [5.74, 6) is 0.927. The molecule has 2 saturated heterocycles. The second-order valence-electron chi connectivity index (χ2n) is 5.69. The van der Waals surface area contributed by atoms with Crippen molar-refractivity contribution in [2.45, 2.75) is 38.3 Å². The Morgan fingerprint density at radius 2 is 2.12 bits per heavy atom. The van der Waals surface area contributed by atoms with E-state index in [2.05, 4.69) is 36.1 Å². The van der Waals surface area contributed by atoms with Crippen molar-refractivity contribution in [2.24, 2.45) is 5.92 Å². The number of fused-ring (bicyclic) bond motifs is 1. The highest BCUT2D eigenvalue weighted by molar-refractivity contribution is 4.89. The molecular formula is C13H27N3. The summed E-state index contributed by atoms with van der Waals surface area (Å²) in [6, 6.07) is 1.49. The van der Waals surface area contributed by atoms with Gasteiger partial charge in [-0.1, -0.05) is 0 Å². The monoisotopic (exact) mass is 225 g/mol. The average Bonchev–Trinajstić information content (AvgIpc) is 2.29. The fraction of sp³-hybridized carbons (Fsp3) is 1.00. The minimum atomic E-state index is 0.623. The van der Waals surface area contributed by atoms with Crippen LogP contribution in [0.2, 0.25) is 0 Å². The van der Waals surface area contributed by atoms with Crippen molar-refractivity contribution in [3.8, 4) is 0 Å². The normalized spacial score (nSPS) is 34.7. The molecule has 0 aromatic carbocycles. The van der Waals surface area contributed by atoms with Crippen LogP contribution < -0.4 is 5.32 Å². The lowest BCUT2D eigenvalue weighted by Crippen LogP contribution is -2.54. The zero-order chi connectivity index (χ0) is 11.5. The molecule has 0 aromatic rings. The summed E-state index contributed by atoms with van der Waals surface area (Å²) in [5.41, 5.74) is 0. The zero-order valence-corrected chi connectivity index (χ0v) is 11.1. The van der Waals surface area contributed by atoms with E-state index < -0.39 is 0 Å². The fourth-order valence-corrected chi connectivity index (χ4v) is 3.37. The van der Waals surface area contributed by atoms with Gasteiger partial charge in [0, 0.05) is 25.2 Å². The summed E-state index contributed by atoms with van der Waals surface area (Å²) in [4.78, 5) is 5.24. The maximum Gasteiger partial charge on any atom is 0.0163 e. The van der Waals surface area contributed by atoms with E-state index in [-0.39, 0.29) is 0 Å². The topological polar surface area (TPSA) is 18.5 Å². The van der Waals surface area contributed by atoms with Gasteiger partial charge in [0.05, 0.1) is 0 Å². The molecule has 0 amide bonds. The predicted octanol–water partition coefficient (Wildman–Crippen LogP) is 1.01. The van der Waals surface area contributed by atoms with Gasteiger partial charge in [-0.3, -0.25) is 0 Å². The number of likely N-dealkylation sites (N-methyl/N-ethyl adjacent to an activating group) is 1. The number of likely N-dealkylation sites (tertiary alicyclic amines) is 2. The SMILES string of the molecule is CNC(C)CN1CCC2C(CCCN2C)C1. The van der Waals surface area contributed by atoms with Gasteiger partial charge in [-0.15, -0.1) is 0 Å². The second-order valence-corrected chi connectivity index (χ2v) is 5.69. The highest BCUT2D eigenvalue weighted by Crippen LogP contribution is 2.29. The Morgan fingerprint density at radius 3 is 2.88 bits per heavy atom. The van der Waals surface area contributed by atoms with Crippen LogP contribution >= 0.6 is 0 Å². The molecule has 0 aliphatic carbocycles. The van der Waals surface area contributed by atoms with Crippen molar-refractivity contribution < 1.29 is 0 Å². The van der Waals surface area contributed by atoms with Crippen LogP contribution in [-0.4, -0.2) is 62.2 Å². The molecule has 2 heterocycles. The first-order valence-corrected chi connectivity index (χ1v) is 6.80. The maximum atomic E-state index is 3.34. The van der Waals surface area contributed by atoms with E-state index in [0.29, 0.717) is 6.04 Å². The van der Waals surface area contributed by atoms with Crippen LogP contribution in [0.3, 0.4) is 0 Å². The Morgan fingerprint density at radius 1 is 1.31 bits per heavy atom. The summed E-state index contributed by atoms with van der Waals surface area (Å²) < 4.78 is 0. The molecule has 0 bridgehead atoms. The van der Waals surface area contributed by atoms with Gasteiger partial charge in [-0.05, 0) is 59.3 Å². The number of nitrogens with zero attached hydrogens (tertiary/aromatic N) is 2. The summed E-state index contributed by atoms with van der Waals surface area (Å²) in [7, 11) is 4.37. The second kappa shape index (κ2) is 5.48. The van der Waals surface area contributed by atoms with Gasteiger partial charge in [0.2, 0.25) is 0 Å². The van der Waals surface area contributed by atoms with E-state index in [9.17, 15) is 0 Å².